The molecule has 1 aromatic carbocycles. The summed E-state index contributed by atoms with van der Waals surface area (Å²) in [5.41, 5.74) is 1.60. The summed E-state index contributed by atoms with van der Waals surface area (Å²) in [5.74, 6) is -0.969. The molecule has 0 radical (unpaired) electrons. The minimum atomic E-state index is -0.660. The summed E-state index contributed by atoms with van der Waals surface area (Å²) in [6.07, 6.45) is 0. The van der Waals surface area contributed by atoms with Gasteiger partial charge in [-0.25, -0.2) is 14.3 Å². The minimum absolute atomic E-state index is 0.140. The topological polar surface area (TPSA) is 70.4 Å². The van der Waals surface area contributed by atoms with Gasteiger partial charge in [-0.3, -0.25) is 0 Å². The summed E-state index contributed by atoms with van der Waals surface area (Å²) in [5, 5.41) is 4.21. The Bertz CT molecular complexity index is 709. The van der Waals surface area contributed by atoms with E-state index >= 15 is 0 Å². The van der Waals surface area contributed by atoms with Gasteiger partial charge in [0.05, 0.1) is 19.4 Å². The Kier molecular flexibility index (Phi) is 5.54. The van der Waals surface area contributed by atoms with Crippen LogP contribution in [0.5, 0.6) is 0 Å². The van der Waals surface area contributed by atoms with Crippen LogP contribution >= 0.6 is 15.9 Å². The number of halogens is 1. The lowest BCUT2D eigenvalue weighted by Crippen LogP contribution is -2.21. The van der Waals surface area contributed by atoms with Crippen LogP contribution < -0.4 is 0 Å². The molecule has 23 heavy (non-hydrogen) atoms. The van der Waals surface area contributed by atoms with Crippen LogP contribution in [-0.2, 0) is 14.3 Å². The van der Waals surface area contributed by atoms with Gasteiger partial charge in [0.2, 0.25) is 0 Å². The Labute approximate surface area is 142 Å². The van der Waals surface area contributed by atoms with Gasteiger partial charge in [-0.2, -0.15) is 5.10 Å². The summed E-state index contributed by atoms with van der Waals surface area (Å²) in [6, 6.07) is 8.43. The fourth-order valence-corrected chi connectivity index (χ4v) is 2.36. The number of rotatable bonds is 5. The van der Waals surface area contributed by atoms with Crippen LogP contribution in [0.25, 0.3) is 11.3 Å². The molecule has 122 valence electrons. The summed E-state index contributed by atoms with van der Waals surface area (Å²) in [7, 11) is 1.29. The average Bonchev–Trinajstić information content (AvgIpc) is 2.99. The molecule has 2 aromatic rings. The first-order chi connectivity index (χ1) is 11.0. The van der Waals surface area contributed by atoms with Crippen molar-refractivity contribution in [2.45, 2.75) is 19.9 Å². The van der Waals surface area contributed by atoms with Crippen LogP contribution in [0.15, 0.2) is 34.8 Å². The van der Waals surface area contributed by atoms with Gasteiger partial charge in [-0.05, 0) is 37.6 Å². The molecule has 0 fully saturated rings. The molecule has 0 saturated heterocycles. The number of aromatic nitrogens is 2. The van der Waals surface area contributed by atoms with Crippen molar-refractivity contribution in [3.8, 4) is 11.3 Å². The molecule has 0 bridgehead atoms. The van der Waals surface area contributed by atoms with Gasteiger partial charge >= 0.3 is 11.9 Å². The molecular weight excluding hydrogens is 364 g/mol. The number of nitrogens with zero attached hydrogens (tertiary/aromatic N) is 2. The summed E-state index contributed by atoms with van der Waals surface area (Å²) in [4.78, 5) is 23.8. The third-order valence-corrected chi connectivity index (χ3v) is 3.79. The number of carbonyl (C=O) groups excluding carboxylic acids is 2. The highest BCUT2D eigenvalue weighted by atomic mass is 79.9. The molecule has 0 spiro atoms. The van der Waals surface area contributed by atoms with Crippen LogP contribution in [0.3, 0.4) is 0 Å². The van der Waals surface area contributed by atoms with E-state index in [1.54, 1.807) is 19.9 Å². The number of hydrogen-bond acceptors (Lipinski definition) is 5. The van der Waals surface area contributed by atoms with Gasteiger partial charge < -0.3 is 9.47 Å². The Morgan fingerprint density at radius 2 is 1.96 bits per heavy atom. The van der Waals surface area contributed by atoms with Crippen molar-refractivity contribution in [2.24, 2.45) is 0 Å². The van der Waals surface area contributed by atoms with Gasteiger partial charge in [0.1, 0.15) is 6.04 Å². The van der Waals surface area contributed by atoms with Gasteiger partial charge in [-0.15, -0.1) is 0 Å². The lowest BCUT2D eigenvalue weighted by molar-refractivity contribution is -0.146. The highest BCUT2D eigenvalue weighted by Crippen LogP contribution is 2.26. The van der Waals surface area contributed by atoms with Crippen LogP contribution in [0.2, 0.25) is 0 Å². The molecule has 2 rings (SSSR count). The van der Waals surface area contributed by atoms with E-state index < -0.39 is 18.0 Å². The van der Waals surface area contributed by atoms with Crippen LogP contribution in [0.1, 0.15) is 30.4 Å². The second kappa shape index (κ2) is 7.41. The van der Waals surface area contributed by atoms with E-state index in [2.05, 4.69) is 21.0 Å². The monoisotopic (exact) mass is 380 g/mol. The SMILES string of the molecule is CCOC(=O)C(C)n1nc(C(=O)OC)cc1-c1ccc(Br)cc1. The maximum Gasteiger partial charge on any atom is 0.358 e. The van der Waals surface area contributed by atoms with Crippen molar-refractivity contribution in [3.05, 3.63) is 40.5 Å². The third-order valence-electron chi connectivity index (χ3n) is 3.26. The lowest BCUT2D eigenvalue weighted by atomic mass is 10.1. The predicted molar refractivity (Wildman–Crippen MR) is 88.0 cm³/mol. The Morgan fingerprint density at radius 1 is 1.30 bits per heavy atom. The molecule has 1 atom stereocenters. The molecule has 0 amide bonds. The Balaban J connectivity index is 2.50. The predicted octanol–water partition coefficient (Wildman–Crippen LogP) is 3.22. The quantitative estimate of drug-likeness (QED) is 0.744. The van der Waals surface area contributed by atoms with Gasteiger partial charge in [0.25, 0.3) is 0 Å². The van der Waals surface area contributed by atoms with E-state index in [0.717, 1.165) is 10.0 Å². The normalized spacial score (nSPS) is 11.8. The maximum absolute atomic E-state index is 12.0. The first-order valence-electron chi connectivity index (χ1n) is 7.08. The van der Waals surface area contributed by atoms with Crippen LogP contribution in [0.4, 0.5) is 0 Å². The molecule has 0 aliphatic carbocycles. The molecule has 0 saturated carbocycles. The summed E-state index contributed by atoms with van der Waals surface area (Å²) >= 11 is 3.38. The smallest absolute Gasteiger partial charge is 0.358 e. The van der Waals surface area contributed by atoms with Crippen molar-refractivity contribution in [1.29, 1.82) is 0 Å². The highest BCUT2D eigenvalue weighted by molar-refractivity contribution is 9.10. The second-order valence-electron chi connectivity index (χ2n) is 4.79. The number of hydrogen-bond donors (Lipinski definition) is 0. The minimum Gasteiger partial charge on any atom is -0.464 e. The standard InChI is InChI=1S/C16H17BrN2O4/c1-4-23-15(20)10(2)19-14(9-13(18-19)16(21)22-3)11-5-7-12(17)8-6-11/h5-10H,4H2,1-3H3. The lowest BCUT2D eigenvalue weighted by Gasteiger charge is -2.14. The van der Waals surface area contributed by atoms with Crippen molar-refractivity contribution >= 4 is 27.9 Å². The molecule has 0 aliphatic rings. The Hall–Kier alpha value is -2.15. The molecule has 6 nitrogen and oxygen atoms in total. The molecule has 1 heterocycles. The number of carbonyl (C=O) groups is 2. The van der Waals surface area contributed by atoms with E-state index in [-0.39, 0.29) is 12.3 Å². The van der Waals surface area contributed by atoms with Gasteiger partial charge in [-0.1, -0.05) is 28.1 Å². The van der Waals surface area contributed by atoms with Crippen molar-refractivity contribution < 1.29 is 19.1 Å². The van der Waals surface area contributed by atoms with Crippen molar-refractivity contribution in [1.82, 2.24) is 9.78 Å². The first kappa shape index (κ1) is 17.2. The largest absolute Gasteiger partial charge is 0.464 e. The fourth-order valence-electron chi connectivity index (χ4n) is 2.09. The maximum atomic E-state index is 12.0. The van der Waals surface area contributed by atoms with E-state index in [0.29, 0.717) is 5.69 Å². The second-order valence-corrected chi connectivity index (χ2v) is 5.70. The van der Waals surface area contributed by atoms with Gasteiger partial charge in [0, 0.05) is 4.47 Å². The number of esters is 2. The van der Waals surface area contributed by atoms with Crippen LogP contribution in [-0.4, -0.2) is 35.4 Å². The van der Waals surface area contributed by atoms with E-state index in [4.69, 9.17) is 9.47 Å². The summed E-state index contributed by atoms with van der Waals surface area (Å²) < 4.78 is 12.2. The van der Waals surface area contributed by atoms with Crippen LogP contribution in [0, 0.1) is 0 Å². The zero-order chi connectivity index (χ0) is 17.0. The molecule has 0 N–H and O–H groups in total. The van der Waals surface area contributed by atoms with Crippen molar-refractivity contribution in [2.75, 3.05) is 13.7 Å². The van der Waals surface area contributed by atoms with Gasteiger partial charge in [0.15, 0.2) is 5.69 Å². The molecule has 1 unspecified atom stereocenters. The third kappa shape index (κ3) is 3.79. The zero-order valence-electron chi connectivity index (χ0n) is 13.1. The Morgan fingerprint density at radius 3 is 2.52 bits per heavy atom. The molecule has 0 aliphatic heterocycles. The number of benzene rings is 1. The van der Waals surface area contributed by atoms with E-state index in [9.17, 15) is 9.59 Å². The fraction of sp³-hybridized carbons (Fsp3) is 0.312. The highest BCUT2D eigenvalue weighted by Gasteiger charge is 2.24. The molecule has 1 aromatic heterocycles. The molecular formula is C16H17BrN2O4. The first-order valence-corrected chi connectivity index (χ1v) is 7.87. The van der Waals surface area contributed by atoms with E-state index in [1.807, 2.05) is 24.3 Å². The number of ether oxygens (including phenoxy) is 2. The molecule has 7 heteroatoms. The zero-order valence-corrected chi connectivity index (χ0v) is 14.7. The number of methoxy groups -OCH3 is 1. The van der Waals surface area contributed by atoms with Crippen molar-refractivity contribution in [3.63, 3.8) is 0 Å². The summed E-state index contributed by atoms with van der Waals surface area (Å²) in [6.45, 7) is 3.69. The van der Waals surface area contributed by atoms with E-state index in [1.165, 1.54) is 11.8 Å². The average molecular weight is 381 g/mol.